The van der Waals surface area contributed by atoms with E-state index in [9.17, 15) is 4.79 Å². The van der Waals surface area contributed by atoms with E-state index < -0.39 is 6.04 Å². The van der Waals surface area contributed by atoms with E-state index in [1.54, 1.807) is 18.2 Å². The Balaban J connectivity index is 1.78. The van der Waals surface area contributed by atoms with Crippen molar-refractivity contribution < 1.29 is 4.79 Å². The molecule has 3 rings (SSSR count). The van der Waals surface area contributed by atoms with Gasteiger partial charge in [0.05, 0.1) is 12.1 Å². The van der Waals surface area contributed by atoms with Crippen LogP contribution < -0.4 is 10.6 Å². The molecule has 0 aliphatic heterocycles. The van der Waals surface area contributed by atoms with Crippen LogP contribution in [0.25, 0.3) is 0 Å². The van der Waals surface area contributed by atoms with Gasteiger partial charge in [-0.05, 0) is 36.2 Å². The van der Waals surface area contributed by atoms with E-state index in [1.165, 1.54) is 0 Å². The molecule has 0 aliphatic carbocycles. The molecule has 138 valence electrons. The van der Waals surface area contributed by atoms with Gasteiger partial charge in [-0.15, -0.1) is 0 Å². The average molecular weight is 399 g/mol. The molecule has 0 saturated carbocycles. The van der Waals surface area contributed by atoms with E-state index in [-0.39, 0.29) is 11.9 Å². The Kier molecular flexibility index (Phi) is 6.51. The molecule has 1 atom stereocenters. The second kappa shape index (κ2) is 9.05. The van der Waals surface area contributed by atoms with Gasteiger partial charge in [-0.3, -0.25) is 10.1 Å². The van der Waals surface area contributed by atoms with Crippen molar-refractivity contribution in [3.8, 4) is 0 Å². The highest BCUT2D eigenvalue weighted by Crippen LogP contribution is 2.24. The molecule has 3 aromatic rings. The lowest BCUT2D eigenvalue weighted by Crippen LogP contribution is -2.40. The van der Waals surface area contributed by atoms with Crippen molar-refractivity contribution in [3.05, 3.63) is 100 Å². The fourth-order valence-electron chi connectivity index (χ4n) is 2.88. The third-order valence-corrected chi connectivity index (χ3v) is 4.64. The summed E-state index contributed by atoms with van der Waals surface area (Å²) in [5, 5.41) is 7.24. The molecule has 0 aromatic heterocycles. The maximum absolute atomic E-state index is 12.7. The van der Waals surface area contributed by atoms with Gasteiger partial charge in [0.1, 0.15) is 0 Å². The van der Waals surface area contributed by atoms with Crippen LogP contribution in [0.1, 0.15) is 24.1 Å². The van der Waals surface area contributed by atoms with E-state index in [2.05, 4.69) is 10.6 Å². The van der Waals surface area contributed by atoms with E-state index in [0.29, 0.717) is 15.7 Å². The molecule has 0 unspecified atom stereocenters. The smallest absolute Gasteiger partial charge is 0.241 e. The SMILES string of the molecule is C[C@H](NC(c1ccccc1)c1ccccc1)C(=O)Nc1cc(Cl)cc(Cl)c1. The molecule has 5 heteroatoms. The first-order valence-corrected chi connectivity index (χ1v) is 9.41. The lowest BCUT2D eigenvalue weighted by atomic mass is 9.98. The fraction of sp³-hybridized carbons (Fsp3) is 0.136. The van der Waals surface area contributed by atoms with Crippen LogP contribution in [0.2, 0.25) is 10.0 Å². The number of halogens is 2. The Labute approximate surface area is 169 Å². The number of carbonyl (C=O) groups is 1. The molecule has 0 bridgehead atoms. The van der Waals surface area contributed by atoms with Crippen LogP contribution in [0.4, 0.5) is 5.69 Å². The number of hydrogen-bond donors (Lipinski definition) is 2. The third-order valence-electron chi connectivity index (χ3n) is 4.21. The second-order valence-corrected chi connectivity index (χ2v) is 7.16. The predicted octanol–water partition coefficient (Wildman–Crippen LogP) is 5.70. The largest absolute Gasteiger partial charge is 0.325 e. The van der Waals surface area contributed by atoms with E-state index in [1.807, 2.05) is 67.6 Å². The van der Waals surface area contributed by atoms with Crippen LogP contribution in [0.5, 0.6) is 0 Å². The Morgan fingerprint density at radius 1 is 0.815 bits per heavy atom. The van der Waals surface area contributed by atoms with Gasteiger partial charge >= 0.3 is 0 Å². The summed E-state index contributed by atoms with van der Waals surface area (Å²) in [7, 11) is 0. The lowest BCUT2D eigenvalue weighted by molar-refractivity contribution is -0.117. The highest BCUT2D eigenvalue weighted by Gasteiger charge is 2.20. The first kappa shape index (κ1) is 19.4. The molecule has 27 heavy (non-hydrogen) atoms. The van der Waals surface area contributed by atoms with Crippen molar-refractivity contribution in [2.45, 2.75) is 19.0 Å². The number of rotatable bonds is 6. The van der Waals surface area contributed by atoms with Crippen molar-refractivity contribution in [2.24, 2.45) is 0 Å². The minimum Gasteiger partial charge on any atom is -0.325 e. The van der Waals surface area contributed by atoms with Crippen LogP contribution in [0.3, 0.4) is 0 Å². The zero-order valence-corrected chi connectivity index (χ0v) is 16.3. The van der Waals surface area contributed by atoms with Crippen molar-refractivity contribution in [3.63, 3.8) is 0 Å². The minimum atomic E-state index is -0.437. The van der Waals surface area contributed by atoms with Gasteiger partial charge in [-0.2, -0.15) is 0 Å². The quantitative estimate of drug-likeness (QED) is 0.558. The highest BCUT2D eigenvalue weighted by molar-refractivity contribution is 6.35. The Bertz CT molecular complexity index is 841. The van der Waals surface area contributed by atoms with Gasteiger partial charge in [0.2, 0.25) is 5.91 Å². The minimum absolute atomic E-state index is 0.101. The highest BCUT2D eigenvalue weighted by atomic mass is 35.5. The number of carbonyl (C=O) groups excluding carboxylic acids is 1. The Morgan fingerprint density at radius 3 is 1.78 bits per heavy atom. The zero-order valence-electron chi connectivity index (χ0n) is 14.8. The molecule has 0 spiro atoms. The number of benzene rings is 3. The van der Waals surface area contributed by atoms with Crippen LogP contribution >= 0.6 is 23.2 Å². The Morgan fingerprint density at radius 2 is 1.30 bits per heavy atom. The molecule has 0 fully saturated rings. The molecule has 0 heterocycles. The van der Waals surface area contributed by atoms with Gasteiger partial charge in [0.25, 0.3) is 0 Å². The second-order valence-electron chi connectivity index (χ2n) is 6.29. The van der Waals surface area contributed by atoms with Gasteiger partial charge < -0.3 is 5.32 Å². The molecular formula is C22H20Cl2N2O. The van der Waals surface area contributed by atoms with Crippen LogP contribution in [-0.4, -0.2) is 11.9 Å². The van der Waals surface area contributed by atoms with Gasteiger partial charge in [0, 0.05) is 15.7 Å². The molecule has 1 amide bonds. The lowest BCUT2D eigenvalue weighted by Gasteiger charge is -2.24. The maximum atomic E-state index is 12.7. The predicted molar refractivity (Wildman–Crippen MR) is 112 cm³/mol. The van der Waals surface area contributed by atoms with E-state index in [4.69, 9.17) is 23.2 Å². The van der Waals surface area contributed by atoms with E-state index in [0.717, 1.165) is 11.1 Å². The van der Waals surface area contributed by atoms with Crippen molar-refractivity contribution in [1.29, 1.82) is 0 Å². The zero-order chi connectivity index (χ0) is 19.2. The number of amides is 1. The van der Waals surface area contributed by atoms with Crippen LogP contribution in [0, 0.1) is 0 Å². The van der Waals surface area contributed by atoms with Crippen molar-refractivity contribution in [2.75, 3.05) is 5.32 Å². The van der Waals surface area contributed by atoms with Crippen LogP contribution in [0.15, 0.2) is 78.9 Å². The number of anilines is 1. The van der Waals surface area contributed by atoms with Crippen LogP contribution in [-0.2, 0) is 4.79 Å². The van der Waals surface area contributed by atoms with Crippen molar-refractivity contribution in [1.82, 2.24) is 5.32 Å². The Hall–Kier alpha value is -2.33. The first-order chi connectivity index (χ1) is 13.0. The molecule has 0 radical (unpaired) electrons. The molecule has 3 aromatic carbocycles. The van der Waals surface area contributed by atoms with Crippen molar-refractivity contribution >= 4 is 34.8 Å². The maximum Gasteiger partial charge on any atom is 0.241 e. The number of nitrogens with one attached hydrogen (secondary N) is 2. The summed E-state index contributed by atoms with van der Waals surface area (Å²) in [5.74, 6) is -0.162. The summed E-state index contributed by atoms with van der Waals surface area (Å²) >= 11 is 12.0. The normalized spacial score (nSPS) is 12.0. The van der Waals surface area contributed by atoms with Gasteiger partial charge in [0.15, 0.2) is 0 Å². The summed E-state index contributed by atoms with van der Waals surface area (Å²) in [6.45, 7) is 1.83. The topological polar surface area (TPSA) is 41.1 Å². The fourth-order valence-corrected chi connectivity index (χ4v) is 3.40. The average Bonchev–Trinajstić information content (AvgIpc) is 2.66. The summed E-state index contributed by atoms with van der Waals surface area (Å²) in [6.07, 6.45) is 0. The standard InChI is InChI=1S/C22H20Cl2N2O/c1-15(22(27)26-20-13-18(23)12-19(24)14-20)25-21(16-8-4-2-5-9-16)17-10-6-3-7-11-17/h2-15,21,25H,1H3,(H,26,27)/t15-/m0/s1. The summed E-state index contributed by atoms with van der Waals surface area (Å²) in [5.41, 5.74) is 2.76. The molecule has 0 saturated heterocycles. The molecule has 0 aliphatic rings. The van der Waals surface area contributed by atoms with E-state index >= 15 is 0 Å². The molecule has 3 nitrogen and oxygen atoms in total. The van der Waals surface area contributed by atoms with Gasteiger partial charge in [-0.25, -0.2) is 0 Å². The first-order valence-electron chi connectivity index (χ1n) is 8.66. The van der Waals surface area contributed by atoms with Gasteiger partial charge in [-0.1, -0.05) is 83.9 Å². The summed E-state index contributed by atoms with van der Waals surface area (Å²) < 4.78 is 0. The molecule has 2 N–H and O–H groups in total. The summed E-state index contributed by atoms with van der Waals surface area (Å²) in [4.78, 5) is 12.7. The monoisotopic (exact) mass is 398 g/mol. The molecular weight excluding hydrogens is 379 g/mol. The number of hydrogen-bond acceptors (Lipinski definition) is 2. The summed E-state index contributed by atoms with van der Waals surface area (Å²) in [6, 6.07) is 24.5. The third kappa shape index (κ3) is 5.33.